The van der Waals surface area contributed by atoms with Crippen LogP contribution in [0.25, 0.3) is 0 Å². The fourth-order valence-electron chi connectivity index (χ4n) is 1.82. The van der Waals surface area contributed by atoms with Crippen LogP contribution in [-0.2, 0) is 4.79 Å². The van der Waals surface area contributed by atoms with Crippen molar-refractivity contribution in [3.63, 3.8) is 0 Å². The molecule has 1 aliphatic carbocycles. The van der Waals surface area contributed by atoms with E-state index in [0.29, 0.717) is 11.2 Å². The van der Waals surface area contributed by atoms with E-state index >= 15 is 0 Å². The van der Waals surface area contributed by atoms with Crippen LogP contribution in [0.15, 0.2) is 0 Å². The van der Waals surface area contributed by atoms with Crippen molar-refractivity contribution in [1.82, 2.24) is 0 Å². The third-order valence-electron chi connectivity index (χ3n) is 2.47. The van der Waals surface area contributed by atoms with Crippen LogP contribution in [0.1, 0.15) is 47.0 Å². The van der Waals surface area contributed by atoms with Gasteiger partial charge in [-0.15, -0.1) is 0 Å². The molecule has 1 rings (SSSR count). The van der Waals surface area contributed by atoms with Crippen LogP contribution in [0.3, 0.4) is 0 Å². The number of Topliss-reactive ketones (excluding diaryl/α,β-unsaturated/α-hetero) is 1. The first-order valence-corrected chi connectivity index (χ1v) is 4.37. The van der Waals surface area contributed by atoms with Gasteiger partial charge in [-0.2, -0.15) is 0 Å². The lowest BCUT2D eigenvalue weighted by Gasteiger charge is -2.23. The lowest BCUT2D eigenvalue weighted by molar-refractivity contribution is -0.123. The van der Waals surface area contributed by atoms with Gasteiger partial charge in [0.2, 0.25) is 0 Å². The zero-order valence-corrected chi connectivity index (χ0v) is 8.03. The Kier molecular flexibility index (Phi) is 1.85. The maximum absolute atomic E-state index is 11.2. The average molecular weight is 154 g/mol. The molecule has 0 spiro atoms. The molecule has 0 aromatic heterocycles. The van der Waals surface area contributed by atoms with Crippen LogP contribution in [0.4, 0.5) is 0 Å². The minimum Gasteiger partial charge on any atom is -0.299 e. The highest BCUT2D eigenvalue weighted by molar-refractivity contribution is 5.85. The molecule has 0 aromatic rings. The van der Waals surface area contributed by atoms with E-state index in [1.807, 2.05) is 0 Å². The second-order valence-electron chi connectivity index (χ2n) is 5.07. The Morgan fingerprint density at radius 2 is 1.82 bits per heavy atom. The molecule has 0 heterocycles. The van der Waals surface area contributed by atoms with Crippen molar-refractivity contribution in [1.29, 1.82) is 0 Å². The molecule has 0 unspecified atom stereocenters. The fourth-order valence-corrected chi connectivity index (χ4v) is 1.82. The molecule has 0 radical (unpaired) electrons. The summed E-state index contributed by atoms with van der Waals surface area (Å²) in [5, 5.41) is 0. The van der Waals surface area contributed by atoms with E-state index in [9.17, 15) is 4.79 Å². The third-order valence-corrected chi connectivity index (χ3v) is 2.47. The molecule has 0 saturated heterocycles. The minimum absolute atomic E-state index is 0.0955. The largest absolute Gasteiger partial charge is 0.299 e. The van der Waals surface area contributed by atoms with E-state index in [4.69, 9.17) is 0 Å². The van der Waals surface area contributed by atoms with Crippen molar-refractivity contribution in [3.8, 4) is 0 Å². The zero-order valence-electron chi connectivity index (χ0n) is 8.03. The third kappa shape index (κ3) is 2.05. The minimum atomic E-state index is 0.0955. The van der Waals surface area contributed by atoms with Crippen molar-refractivity contribution in [3.05, 3.63) is 0 Å². The number of carbonyl (C=O) groups is 1. The van der Waals surface area contributed by atoms with E-state index in [1.165, 1.54) is 0 Å². The number of ketones is 1. The fraction of sp³-hybridized carbons (Fsp3) is 0.900. The lowest BCUT2D eigenvalue weighted by Crippen LogP contribution is -2.20. The molecule has 0 aromatic carbocycles. The van der Waals surface area contributed by atoms with Crippen LogP contribution in [0, 0.1) is 10.8 Å². The van der Waals surface area contributed by atoms with E-state index < -0.39 is 0 Å². The first-order chi connectivity index (χ1) is 4.86. The van der Waals surface area contributed by atoms with Crippen molar-refractivity contribution in [2.75, 3.05) is 0 Å². The summed E-state index contributed by atoms with van der Waals surface area (Å²) >= 11 is 0. The number of rotatable bonds is 2. The van der Waals surface area contributed by atoms with Crippen LogP contribution in [0.5, 0.6) is 0 Å². The van der Waals surface area contributed by atoms with E-state index in [2.05, 4.69) is 20.8 Å². The van der Waals surface area contributed by atoms with Crippen LogP contribution >= 0.6 is 0 Å². The highest BCUT2D eigenvalue weighted by Crippen LogP contribution is 2.53. The van der Waals surface area contributed by atoms with E-state index in [1.54, 1.807) is 6.92 Å². The number of carbonyl (C=O) groups excluding carboxylic acids is 1. The highest BCUT2D eigenvalue weighted by atomic mass is 16.1. The lowest BCUT2D eigenvalue weighted by atomic mass is 9.81. The molecule has 1 aliphatic rings. The molecule has 0 aliphatic heterocycles. The molecular formula is C10H18O. The van der Waals surface area contributed by atoms with E-state index in [-0.39, 0.29) is 5.41 Å². The number of hydrogen-bond donors (Lipinski definition) is 0. The smallest absolute Gasteiger partial charge is 0.135 e. The highest BCUT2D eigenvalue weighted by Gasteiger charge is 2.48. The predicted molar refractivity (Wildman–Crippen MR) is 46.4 cm³/mol. The molecule has 1 nitrogen and oxygen atoms in total. The Morgan fingerprint density at radius 3 is 1.91 bits per heavy atom. The monoisotopic (exact) mass is 154 g/mol. The van der Waals surface area contributed by atoms with Gasteiger partial charge < -0.3 is 0 Å². The van der Waals surface area contributed by atoms with Gasteiger partial charge in [-0.3, -0.25) is 4.79 Å². The van der Waals surface area contributed by atoms with E-state index in [0.717, 1.165) is 19.3 Å². The van der Waals surface area contributed by atoms with Gasteiger partial charge in [0.1, 0.15) is 5.78 Å². The number of hydrogen-bond acceptors (Lipinski definition) is 1. The van der Waals surface area contributed by atoms with Crippen molar-refractivity contribution in [2.45, 2.75) is 47.0 Å². The van der Waals surface area contributed by atoms with Crippen molar-refractivity contribution >= 4 is 5.78 Å². The molecule has 0 amide bonds. The molecule has 11 heavy (non-hydrogen) atoms. The van der Waals surface area contributed by atoms with Crippen LogP contribution in [0.2, 0.25) is 0 Å². The molecule has 1 heteroatoms. The van der Waals surface area contributed by atoms with Gasteiger partial charge in [-0.25, -0.2) is 0 Å². The molecule has 1 fully saturated rings. The quantitative estimate of drug-likeness (QED) is 0.597. The Morgan fingerprint density at radius 1 is 1.36 bits per heavy atom. The molecule has 0 atom stereocenters. The van der Waals surface area contributed by atoms with Crippen LogP contribution in [-0.4, -0.2) is 5.78 Å². The second-order valence-corrected chi connectivity index (χ2v) is 5.07. The van der Waals surface area contributed by atoms with Gasteiger partial charge in [0, 0.05) is 5.41 Å². The van der Waals surface area contributed by atoms with Crippen molar-refractivity contribution < 1.29 is 4.79 Å². The van der Waals surface area contributed by atoms with Gasteiger partial charge in [-0.05, 0) is 31.6 Å². The van der Waals surface area contributed by atoms with Crippen LogP contribution < -0.4 is 0 Å². The Bertz CT molecular complexity index is 170. The second kappa shape index (κ2) is 2.33. The first kappa shape index (κ1) is 8.76. The summed E-state index contributed by atoms with van der Waals surface area (Å²) in [6.45, 7) is 8.35. The summed E-state index contributed by atoms with van der Waals surface area (Å²) in [7, 11) is 0. The maximum Gasteiger partial charge on any atom is 0.135 e. The van der Waals surface area contributed by atoms with Gasteiger partial charge >= 0.3 is 0 Å². The molecule has 1 saturated carbocycles. The molecule has 0 bridgehead atoms. The SMILES string of the molecule is CC(=O)C1(CC(C)(C)C)CC1. The summed E-state index contributed by atoms with van der Waals surface area (Å²) in [6.07, 6.45) is 3.31. The predicted octanol–water partition coefficient (Wildman–Crippen LogP) is 2.79. The van der Waals surface area contributed by atoms with Gasteiger partial charge in [0.05, 0.1) is 0 Å². The zero-order chi connectivity index (χ0) is 8.70. The first-order valence-electron chi connectivity index (χ1n) is 4.37. The van der Waals surface area contributed by atoms with Gasteiger partial charge in [-0.1, -0.05) is 20.8 Å². The Balaban J connectivity index is 2.55. The van der Waals surface area contributed by atoms with Crippen molar-refractivity contribution in [2.24, 2.45) is 10.8 Å². The summed E-state index contributed by atoms with van der Waals surface area (Å²) in [5.74, 6) is 0.396. The Labute approximate surface area is 69.2 Å². The summed E-state index contributed by atoms with van der Waals surface area (Å²) in [5.41, 5.74) is 0.403. The standard InChI is InChI=1S/C10H18O/c1-8(11)10(5-6-10)7-9(2,3)4/h5-7H2,1-4H3. The topological polar surface area (TPSA) is 17.1 Å². The molecular weight excluding hydrogens is 136 g/mol. The summed E-state index contributed by atoms with van der Waals surface area (Å²) in [6, 6.07) is 0. The molecule has 64 valence electrons. The molecule has 0 N–H and O–H groups in total. The normalized spacial score (nSPS) is 21.5. The maximum atomic E-state index is 11.2. The average Bonchev–Trinajstić information content (AvgIpc) is 2.43. The Hall–Kier alpha value is -0.330. The van der Waals surface area contributed by atoms with Gasteiger partial charge in [0.15, 0.2) is 0 Å². The summed E-state index contributed by atoms with van der Waals surface area (Å²) in [4.78, 5) is 11.2. The van der Waals surface area contributed by atoms with Gasteiger partial charge in [0.25, 0.3) is 0 Å². The summed E-state index contributed by atoms with van der Waals surface area (Å²) < 4.78 is 0.